The first kappa shape index (κ1) is 11.5. The second-order valence-corrected chi connectivity index (χ2v) is 4.29. The van der Waals surface area contributed by atoms with Gasteiger partial charge in [-0.05, 0) is 24.4 Å². The minimum absolute atomic E-state index is 0.0292. The molecule has 0 saturated carbocycles. The summed E-state index contributed by atoms with van der Waals surface area (Å²) in [5.74, 6) is -0.0292. The van der Waals surface area contributed by atoms with Gasteiger partial charge >= 0.3 is 0 Å². The van der Waals surface area contributed by atoms with E-state index in [2.05, 4.69) is 0 Å². The first-order chi connectivity index (χ1) is 6.66. The molecule has 3 nitrogen and oxygen atoms in total. The van der Waals surface area contributed by atoms with Crippen LogP contribution in [0.2, 0.25) is 5.02 Å². The Kier molecular flexibility index (Phi) is 4.38. The molecule has 1 aromatic heterocycles. The number of thiophene rings is 1. The summed E-state index contributed by atoms with van der Waals surface area (Å²) in [7, 11) is 1.76. The summed E-state index contributed by atoms with van der Waals surface area (Å²) in [5, 5.41) is 2.34. The highest BCUT2D eigenvalue weighted by molar-refractivity contribution is 7.12. The molecule has 0 aliphatic heterocycles. The molecule has 14 heavy (non-hydrogen) atoms. The highest BCUT2D eigenvalue weighted by atomic mass is 35.5. The summed E-state index contributed by atoms with van der Waals surface area (Å²) in [4.78, 5) is 14.0. The first-order valence-corrected chi connectivity index (χ1v) is 5.61. The lowest BCUT2D eigenvalue weighted by Gasteiger charge is -2.15. The van der Waals surface area contributed by atoms with Crippen LogP contribution in [0, 0.1) is 0 Å². The third-order valence-corrected chi connectivity index (χ3v) is 3.19. The van der Waals surface area contributed by atoms with Crippen molar-refractivity contribution in [2.75, 3.05) is 20.1 Å². The molecule has 0 fully saturated rings. The molecular weight excluding hydrogens is 220 g/mol. The Labute approximate surface area is 92.5 Å². The summed E-state index contributed by atoms with van der Waals surface area (Å²) in [6.07, 6.45) is 0.811. The van der Waals surface area contributed by atoms with Crippen molar-refractivity contribution in [2.45, 2.75) is 6.42 Å². The maximum Gasteiger partial charge on any atom is 0.265 e. The van der Waals surface area contributed by atoms with E-state index in [4.69, 9.17) is 17.3 Å². The van der Waals surface area contributed by atoms with Crippen molar-refractivity contribution >= 4 is 28.8 Å². The SMILES string of the molecule is CN(CCCN)C(=O)c1sccc1Cl. The Bertz CT molecular complexity index is 314. The topological polar surface area (TPSA) is 46.3 Å². The molecule has 0 atom stereocenters. The molecule has 0 spiro atoms. The van der Waals surface area contributed by atoms with Gasteiger partial charge in [-0.1, -0.05) is 11.6 Å². The van der Waals surface area contributed by atoms with E-state index in [1.54, 1.807) is 18.0 Å². The highest BCUT2D eigenvalue weighted by Gasteiger charge is 2.15. The third kappa shape index (κ3) is 2.70. The van der Waals surface area contributed by atoms with Gasteiger partial charge in [-0.25, -0.2) is 0 Å². The summed E-state index contributed by atoms with van der Waals surface area (Å²) in [6.45, 7) is 1.26. The van der Waals surface area contributed by atoms with Crippen LogP contribution in [0.5, 0.6) is 0 Å². The number of nitrogens with two attached hydrogens (primary N) is 1. The third-order valence-electron chi connectivity index (χ3n) is 1.86. The Hall–Kier alpha value is -0.580. The van der Waals surface area contributed by atoms with Crippen molar-refractivity contribution in [3.05, 3.63) is 21.3 Å². The standard InChI is InChI=1S/C9H13ClN2OS/c1-12(5-2-4-11)9(13)8-7(10)3-6-14-8/h3,6H,2,4-5,11H2,1H3. The number of nitrogens with zero attached hydrogens (tertiary/aromatic N) is 1. The predicted octanol–water partition coefficient (Wildman–Crippen LogP) is 1.82. The molecule has 2 N–H and O–H groups in total. The van der Waals surface area contributed by atoms with E-state index >= 15 is 0 Å². The van der Waals surface area contributed by atoms with Crippen LogP contribution in [0.1, 0.15) is 16.1 Å². The average Bonchev–Trinajstić information content (AvgIpc) is 2.59. The summed E-state index contributed by atoms with van der Waals surface area (Å²) < 4.78 is 0. The van der Waals surface area contributed by atoms with Crippen LogP contribution >= 0.6 is 22.9 Å². The number of carbonyl (C=O) groups excluding carboxylic acids is 1. The lowest BCUT2D eigenvalue weighted by molar-refractivity contribution is 0.0799. The molecule has 1 aromatic rings. The fourth-order valence-electron chi connectivity index (χ4n) is 1.05. The molecule has 0 aromatic carbocycles. The first-order valence-electron chi connectivity index (χ1n) is 4.35. The molecule has 1 heterocycles. The molecular formula is C9H13ClN2OS. The zero-order chi connectivity index (χ0) is 10.6. The average molecular weight is 233 g/mol. The Morgan fingerprint density at radius 3 is 2.93 bits per heavy atom. The van der Waals surface area contributed by atoms with Gasteiger partial charge in [-0.15, -0.1) is 11.3 Å². The number of rotatable bonds is 4. The molecule has 5 heteroatoms. The van der Waals surface area contributed by atoms with Crippen LogP contribution < -0.4 is 5.73 Å². The van der Waals surface area contributed by atoms with Gasteiger partial charge < -0.3 is 10.6 Å². The number of amides is 1. The molecule has 78 valence electrons. The Balaban J connectivity index is 2.61. The van der Waals surface area contributed by atoms with Crippen molar-refractivity contribution in [1.29, 1.82) is 0 Å². The van der Waals surface area contributed by atoms with Gasteiger partial charge in [0.15, 0.2) is 0 Å². The second-order valence-electron chi connectivity index (χ2n) is 2.97. The molecule has 0 aliphatic carbocycles. The van der Waals surface area contributed by atoms with Crippen molar-refractivity contribution in [3.63, 3.8) is 0 Å². The fraction of sp³-hybridized carbons (Fsp3) is 0.444. The van der Waals surface area contributed by atoms with E-state index in [0.29, 0.717) is 23.0 Å². The summed E-state index contributed by atoms with van der Waals surface area (Å²) >= 11 is 7.22. The molecule has 0 saturated heterocycles. The summed E-state index contributed by atoms with van der Waals surface area (Å²) in [5.41, 5.74) is 5.36. The van der Waals surface area contributed by atoms with Crippen LogP contribution in [0.25, 0.3) is 0 Å². The van der Waals surface area contributed by atoms with Gasteiger partial charge in [0.2, 0.25) is 0 Å². The van der Waals surface area contributed by atoms with Gasteiger partial charge in [0, 0.05) is 13.6 Å². The molecule has 0 unspecified atom stereocenters. The number of hydrogen-bond donors (Lipinski definition) is 1. The van der Waals surface area contributed by atoms with E-state index in [0.717, 1.165) is 6.42 Å². The van der Waals surface area contributed by atoms with Crippen molar-refractivity contribution in [2.24, 2.45) is 5.73 Å². The van der Waals surface area contributed by atoms with Crippen molar-refractivity contribution < 1.29 is 4.79 Å². The molecule has 0 aliphatic rings. The normalized spacial score (nSPS) is 10.2. The predicted molar refractivity (Wildman–Crippen MR) is 60.0 cm³/mol. The van der Waals surface area contributed by atoms with Gasteiger partial charge in [0.05, 0.1) is 5.02 Å². The van der Waals surface area contributed by atoms with Crippen LogP contribution in [0.3, 0.4) is 0 Å². The maximum atomic E-state index is 11.7. The fourth-order valence-corrected chi connectivity index (χ4v) is 2.18. The number of halogens is 1. The lowest BCUT2D eigenvalue weighted by atomic mass is 10.3. The minimum atomic E-state index is -0.0292. The monoisotopic (exact) mass is 232 g/mol. The second kappa shape index (κ2) is 5.34. The maximum absolute atomic E-state index is 11.7. The van der Waals surface area contributed by atoms with Crippen LogP contribution in [-0.2, 0) is 0 Å². The van der Waals surface area contributed by atoms with Crippen molar-refractivity contribution in [1.82, 2.24) is 4.90 Å². The highest BCUT2D eigenvalue weighted by Crippen LogP contribution is 2.23. The van der Waals surface area contributed by atoms with E-state index in [1.807, 2.05) is 5.38 Å². The largest absolute Gasteiger partial charge is 0.341 e. The molecule has 1 rings (SSSR count). The zero-order valence-corrected chi connectivity index (χ0v) is 9.57. The van der Waals surface area contributed by atoms with Gasteiger partial charge in [0.25, 0.3) is 5.91 Å². The summed E-state index contributed by atoms with van der Waals surface area (Å²) in [6, 6.07) is 1.73. The number of carbonyl (C=O) groups is 1. The number of hydrogen-bond acceptors (Lipinski definition) is 3. The van der Waals surface area contributed by atoms with Gasteiger partial charge in [-0.2, -0.15) is 0 Å². The van der Waals surface area contributed by atoms with Crippen LogP contribution in [-0.4, -0.2) is 30.9 Å². The van der Waals surface area contributed by atoms with Crippen LogP contribution in [0.15, 0.2) is 11.4 Å². The smallest absolute Gasteiger partial charge is 0.265 e. The zero-order valence-electron chi connectivity index (χ0n) is 8.00. The molecule has 0 bridgehead atoms. The van der Waals surface area contributed by atoms with Crippen molar-refractivity contribution in [3.8, 4) is 0 Å². The molecule has 0 radical (unpaired) electrons. The van der Waals surface area contributed by atoms with Gasteiger partial charge in [0.1, 0.15) is 4.88 Å². The Morgan fingerprint density at radius 2 is 2.43 bits per heavy atom. The lowest BCUT2D eigenvalue weighted by Crippen LogP contribution is -2.28. The van der Waals surface area contributed by atoms with Gasteiger partial charge in [-0.3, -0.25) is 4.79 Å². The van der Waals surface area contributed by atoms with Crippen LogP contribution in [0.4, 0.5) is 0 Å². The van der Waals surface area contributed by atoms with E-state index in [1.165, 1.54) is 11.3 Å². The van der Waals surface area contributed by atoms with E-state index in [9.17, 15) is 4.79 Å². The van der Waals surface area contributed by atoms with E-state index in [-0.39, 0.29) is 5.91 Å². The minimum Gasteiger partial charge on any atom is -0.341 e. The Morgan fingerprint density at radius 1 is 1.71 bits per heavy atom. The quantitative estimate of drug-likeness (QED) is 0.861. The van der Waals surface area contributed by atoms with E-state index < -0.39 is 0 Å². The molecule has 1 amide bonds.